The number of thiophene rings is 1. The van der Waals surface area contributed by atoms with E-state index >= 15 is 8.78 Å². The predicted molar refractivity (Wildman–Crippen MR) is 269 cm³/mol. The van der Waals surface area contributed by atoms with Crippen LogP contribution < -0.4 is 5.73 Å². The monoisotopic (exact) mass is 1000 g/mol. The average molecular weight is 1000 g/mol. The number of hydrogen-bond donors (Lipinski definition) is 1. The first-order valence-electron chi connectivity index (χ1n) is 23.6. The Kier molecular flexibility index (Phi) is 24.8. The van der Waals surface area contributed by atoms with Gasteiger partial charge in [-0.25, -0.2) is 0 Å². The molecule has 0 spiro atoms. The van der Waals surface area contributed by atoms with Gasteiger partial charge in [0.15, 0.2) is 10.2 Å². The van der Waals surface area contributed by atoms with Crippen LogP contribution in [0.1, 0.15) is 138 Å². The quantitative estimate of drug-likeness (QED) is 0.0618. The van der Waals surface area contributed by atoms with E-state index in [9.17, 15) is 24.0 Å². The van der Waals surface area contributed by atoms with Gasteiger partial charge < -0.3 is 24.6 Å². The number of amides is 3. The molecule has 1 unspecified atom stereocenters. The van der Waals surface area contributed by atoms with Crippen molar-refractivity contribution < 1.29 is 41.8 Å². The molecule has 2 N–H and O–H groups in total. The molecule has 3 atom stereocenters. The summed E-state index contributed by atoms with van der Waals surface area (Å²) in [6.07, 6.45) is 12.5. The Hall–Kier alpha value is -3.45. The zero-order chi connectivity index (χ0) is 48.8. The first-order chi connectivity index (χ1) is 32.1. The van der Waals surface area contributed by atoms with Crippen LogP contribution in [-0.4, -0.2) is 88.7 Å². The summed E-state index contributed by atoms with van der Waals surface area (Å²) < 4.78 is 43.4. The Bertz CT molecular complexity index is 2040. The van der Waals surface area contributed by atoms with Gasteiger partial charge in [-0.15, -0.1) is 11.3 Å². The molecule has 3 saturated heterocycles. The van der Waals surface area contributed by atoms with Crippen molar-refractivity contribution in [1.29, 1.82) is 5.26 Å². The second-order valence-corrected chi connectivity index (χ2v) is 23.0. The highest BCUT2D eigenvalue weighted by molar-refractivity contribution is 8.13. The lowest BCUT2D eigenvalue weighted by molar-refractivity contribution is -0.132. The summed E-state index contributed by atoms with van der Waals surface area (Å²) in [5, 5.41) is 9.81. The van der Waals surface area contributed by atoms with Crippen molar-refractivity contribution in [1.82, 2.24) is 9.80 Å². The molecule has 67 heavy (non-hydrogen) atoms. The lowest BCUT2D eigenvalue weighted by Crippen LogP contribution is -2.36. The first-order valence-corrected chi connectivity index (χ1v) is 27.6. The van der Waals surface area contributed by atoms with Crippen molar-refractivity contribution in [3.63, 3.8) is 0 Å². The SMILES string of the molecule is CC(C)CC(=O)SCCCCOP(OCCCCSC(=O)CC(C)C)C(F)(F)c1ccc2sc(C(N)=O)cc2c1.N#CC1CN(C=O)C[C@@H]1c1ccccc1.O=C1CCCCC[C@H]2CCCN12. The van der Waals surface area contributed by atoms with Crippen LogP contribution in [0.2, 0.25) is 0 Å². The molecule has 3 aliphatic rings. The van der Waals surface area contributed by atoms with Crippen LogP contribution in [0.3, 0.4) is 0 Å². The van der Waals surface area contributed by atoms with Crippen molar-refractivity contribution in [2.24, 2.45) is 23.5 Å². The third-order valence-electron chi connectivity index (χ3n) is 11.5. The number of alkyl halides is 2. The van der Waals surface area contributed by atoms with E-state index in [-0.39, 0.29) is 40.8 Å². The van der Waals surface area contributed by atoms with E-state index in [0.717, 1.165) is 42.7 Å². The molecule has 0 saturated carbocycles. The second kappa shape index (κ2) is 29.5. The fourth-order valence-electron chi connectivity index (χ4n) is 8.05. The summed E-state index contributed by atoms with van der Waals surface area (Å²) in [5.41, 5.74) is 2.86. The molecular formula is C50H69F2N4O7PS3. The van der Waals surface area contributed by atoms with Gasteiger partial charge in [0.1, 0.15) is 0 Å². The summed E-state index contributed by atoms with van der Waals surface area (Å²) >= 11 is 3.70. The number of carbonyl (C=O) groups excluding carboxylic acids is 5. The molecule has 11 nitrogen and oxygen atoms in total. The normalized spacial score (nSPS) is 18.4. The molecule has 2 aromatic carbocycles. The Morgan fingerprint density at radius 1 is 0.896 bits per heavy atom. The fourth-order valence-corrected chi connectivity index (χ4v) is 12.3. The van der Waals surface area contributed by atoms with Gasteiger partial charge >= 0.3 is 5.66 Å². The summed E-state index contributed by atoms with van der Waals surface area (Å²) in [7, 11) is -2.60. The number of unbranched alkanes of at least 4 members (excludes halogenated alkanes) is 2. The van der Waals surface area contributed by atoms with Crippen LogP contribution in [-0.2, 0) is 33.9 Å². The number of rotatable bonds is 21. The number of likely N-dealkylation sites (tertiary alicyclic amines) is 1. The lowest BCUT2D eigenvalue weighted by Gasteiger charge is -2.26. The first kappa shape index (κ1) is 56.1. The highest BCUT2D eigenvalue weighted by Gasteiger charge is 2.45. The van der Waals surface area contributed by atoms with Gasteiger partial charge in [0, 0.05) is 72.6 Å². The number of nitrogens with zero attached hydrogens (tertiary/aromatic N) is 3. The maximum atomic E-state index is 15.7. The van der Waals surface area contributed by atoms with Crippen molar-refractivity contribution in [3.05, 3.63) is 70.6 Å². The van der Waals surface area contributed by atoms with E-state index in [1.165, 1.54) is 73.8 Å². The topological polar surface area (TPSA) is 160 Å². The Balaban J connectivity index is 0.000000289. The van der Waals surface area contributed by atoms with E-state index in [0.29, 0.717) is 102 Å². The standard InChI is InChI=1S/C28H40F2NO5PS3.C12H12N2O.C10H17NO/c1-19(2)15-25(32)38-13-7-5-11-35-37(36-12-6-8-14-39-26(33)16-20(3)4)28(29,30)22-9-10-23-21(17-22)18-24(40-23)27(31)34;13-6-11-7-14(9-15)8-12(11)10-4-2-1-3-5-10;12-10-7-3-1-2-5-9-6-4-8-11(9)10/h9-10,17-20H,5-8,11-16H2,1-4H3,(H2,31,34);1-5,9,11-12H,7-8H2;9H,1-8H2/t;11?,12-;9-/m.10/s1. The number of benzene rings is 2. The van der Waals surface area contributed by atoms with Gasteiger partial charge in [-0.3, -0.25) is 24.0 Å². The second-order valence-electron chi connectivity index (χ2n) is 18.0. The predicted octanol–water partition coefficient (Wildman–Crippen LogP) is 11.9. The van der Waals surface area contributed by atoms with Crippen LogP contribution in [0, 0.1) is 29.1 Å². The van der Waals surface area contributed by atoms with Crippen LogP contribution in [0.15, 0.2) is 54.6 Å². The van der Waals surface area contributed by atoms with E-state index < -0.39 is 19.9 Å². The summed E-state index contributed by atoms with van der Waals surface area (Å²) in [4.78, 5) is 61.6. The molecule has 6 rings (SSSR count). The third-order valence-corrected chi connectivity index (χ3v) is 16.2. The lowest BCUT2D eigenvalue weighted by atomic mass is 9.90. The molecule has 0 radical (unpaired) electrons. The largest absolute Gasteiger partial charge is 0.365 e. The van der Waals surface area contributed by atoms with Gasteiger partial charge in [-0.1, -0.05) is 100 Å². The highest BCUT2D eigenvalue weighted by Crippen LogP contribution is 2.60. The Morgan fingerprint density at radius 3 is 2.10 bits per heavy atom. The van der Waals surface area contributed by atoms with Crippen molar-refractivity contribution in [3.8, 4) is 6.07 Å². The molecule has 3 aliphatic heterocycles. The molecule has 4 heterocycles. The number of carbonyl (C=O) groups is 5. The van der Waals surface area contributed by atoms with Crippen LogP contribution in [0.5, 0.6) is 0 Å². The number of nitrogens with two attached hydrogens (primary N) is 1. The summed E-state index contributed by atoms with van der Waals surface area (Å²) in [5.74, 6) is 1.76. The molecule has 0 aliphatic carbocycles. The van der Waals surface area contributed by atoms with Gasteiger partial charge in [-0.05, 0) is 92.4 Å². The van der Waals surface area contributed by atoms with Crippen LogP contribution >= 0.6 is 43.2 Å². The molecule has 3 aromatic rings. The Labute approximate surface area is 409 Å². The van der Waals surface area contributed by atoms with Crippen molar-refractivity contribution in [2.45, 2.75) is 129 Å². The zero-order valence-electron chi connectivity index (χ0n) is 39.5. The summed E-state index contributed by atoms with van der Waals surface area (Å²) in [6, 6.07) is 18.6. The van der Waals surface area contributed by atoms with Gasteiger partial charge in [0.25, 0.3) is 14.3 Å². The number of thioether (sulfide) groups is 2. The van der Waals surface area contributed by atoms with Crippen molar-refractivity contribution in [2.75, 3.05) is 44.4 Å². The fraction of sp³-hybridized carbons (Fsp3) is 0.600. The van der Waals surface area contributed by atoms with E-state index in [4.69, 9.17) is 20.0 Å². The highest BCUT2D eigenvalue weighted by atomic mass is 32.2. The van der Waals surface area contributed by atoms with Gasteiger partial charge in [-0.2, -0.15) is 14.0 Å². The number of fused-ring (bicyclic) bond motifs is 2. The van der Waals surface area contributed by atoms with Gasteiger partial charge in [0.2, 0.25) is 12.3 Å². The Morgan fingerprint density at radius 2 is 1.52 bits per heavy atom. The van der Waals surface area contributed by atoms with E-state index in [2.05, 4.69) is 11.0 Å². The molecule has 368 valence electrons. The van der Waals surface area contributed by atoms with Crippen molar-refractivity contribution >= 4 is 81.8 Å². The number of primary amides is 1. The maximum absolute atomic E-state index is 15.7. The van der Waals surface area contributed by atoms with E-state index in [1.807, 2.05) is 58.0 Å². The molecule has 1 aromatic heterocycles. The maximum Gasteiger partial charge on any atom is 0.339 e. The molecule has 3 amide bonds. The number of hydrogen-bond acceptors (Lipinski definition) is 11. The minimum atomic E-state index is -3.39. The average Bonchev–Trinajstić information content (AvgIpc) is 4.06. The molecule has 0 bridgehead atoms. The molecule has 17 heteroatoms. The third kappa shape index (κ3) is 19.1. The smallest absolute Gasteiger partial charge is 0.339 e. The minimum absolute atomic E-state index is 0.0717. The summed E-state index contributed by atoms with van der Waals surface area (Å²) in [6.45, 7) is 10.4. The number of halogens is 2. The van der Waals surface area contributed by atoms with Crippen LogP contribution in [0.4, 0.5) is 8.78 Å². The molecular weight excluding hydrogens is 934 g/mol. The molecule has 3 fully saturated rings. The van der Waals surface area contributed by atoms with Gasteiger partial charge in [0.05, 0.1) is 30.1 Å². The minimum Gasteiger partial charge on any atom is -0.365 e. The number of nitriles is 1. The zero-order valence-corrected chi connectivity index (χ0v) is 42.9. The van der Waals surface area contributed by atoms with Crippen LogP contribution in [0.25, 0.3) is 10.1 Å². The van der Waals surface area contributed by atoms with E-state index in [1.54, 1.807) is 11.0 Å².